The maximum Gasteiger partial charge on any atom is 0.254 e. The Kier molecular flexibility index (Phi) is 6.19. The molecule has 0 spiro atoms. The lowest BCUT2D eigenvalue weighted by molar-refractivity contribution is -0.120. The molecule has 6 heteroatoms. The second-order valence-electron chi connectivity index (χ2n) is 7.17. The van der Waals surface area contributed by atoms with E-state index in [4.69, 9.17) is 10.5 Å². The number of morpholine rings is 1. The van der Waals surface area contributed by atoms with Crippen LogP contribution in [0.3, 0.4) is 0 Å². The first-order valence-corrected chi connectivity index (χ1v) is 8.88. The number of carbonyl (C=O) groups excluding carboxylic acids is 2. The number of ether oxygens (including phenoxy) is 1. The highest BCUT2D eigenvalue weighted by molar-refractivity contribution is 5.98. The number of amides is 2. The molecule has 1 aromatic rings. The van der Waals surface area contributed by atoms with Crippen molar-refractivity contribution in [2.45, 2.75) is 58.3 Å². The lowest BCUT2D eigenvalue weighted by atomic mass is 9.96. The first kappa shape index (κ1) is 19.4. The predicted molar refractivity (Wildman–Crippen MR) is 98.5 cm³/mol. The number of carbonyl (C=O) groups is 2. The van der Waals surface area contributed by atoms with Gasteiger partial charge in [0, 0.05) is 24.3 Å². The molecule has 2 amide bonds. The minimum atomic E-state index is -0.899. The van der Waals surface area contributed by atoms with Crippen LogP contribution in [0.15, 0.2) is 24.3 Å². The van der Waals surface area contributed by atoms with Gasteiger partial charge in [-0.25, -0.2) is 0 Å². The number of nitrogens with one attached hydrogen (secondary N) is 1. The second-order valence-corrected chi connectivity index (χ2v) is 7.17. The van der Waals surface area contributed by atoms with Crippen LogP contribution in [0.1, 0.15) is 50.9 Å². The quantitative estimate of drug-likeness (QED) is 0.856. The van der Waals surface area contributed by atoms with Gasteiger partial charge in [-0.05, 0) is 51.5 Å². The third-order valence-electron chi connectivity index (χ3n) is 4.38. The van der Waals surface area contributed by atoms with E-state index in [9.17, 15) is 9.59 Å². The van der Waals surface area contributed by atoms with E-state index in [2.05, 4.69) is 5.32 Å². The normalized spacial score (nSPS) is 23.0. The number of benzene rings is 1. The minimum Gasteiger partial charge on any atom is -0.372 e. The summed E-state index contributed by atoms with van der Waals surface area (Å²) in [5.41, 5.74) is 6.37. The Balaban J connectivity index is 2.02. The molecular formula is C19H29N3O3. The molecule has 25 heavy (non-hydrogen) atoms. The van der Waals surface area contributed by atoms with Gasteiger partial charge in [-0.15, -0.1) is 0 Å². The molecule has 2 rings (SSSR count). The lowest BCUT2D eigenvalue weighted by Crippen LogP contribution is -2.48. The summed E-state index contributed by atoms with van der Waals surface area (Å²) in [7, 11) is 0. The van der Waals surface area contributed by atoms with Gasteiger partial charge in [0.25, 0.3) is 5.91 Å². The van der Waals surface area contributed by atoms with Crippen LogP contribution in [0, 0.1) is 0 Å². The van der Waals surface area contributed by atoms with E-state index in [0.717, 1.165) is 6.42 Å². The smallest absolute Gasteiger partial charge is 0.254 e. The Bertz CT molecular complexity index is 603. The van der Waals surface area contributed by atoms with Gasteiger partial charge in [0.05, 0.1) is 17.7 Å². The summed E-state index contributed by atoms with van der Waals surface area (Å²) in [5.74, 6) is -0.237. The molecule has 1 fully saturated rings. The van der Waals surface area contributed by atoms with E-state index in [1.165, 1.54) is 0 Å². The maximum absolute atomic E-state index is 12.6. The Hall–Kier alpha value is -1.92. The molecule has 0 radical (unpaired) electrons. The molecule has 1 aromatic carbocycles. The number of nitrogens with zero attached hydrogens (tertiary/aromatic N) is 1. The third kappa shape index (κ3) is 5.03. The molecule has 6 nitrogen and oxygen atoms in total. The largest absolute Gasteiger partial charge is 0.372 e. The van der Waals surface area contributed by atoms with Crippen LogP contribution in [0.4, 0.5) is 5.69 Å². The fourth-order valence-electron chi connectivity index (χ4n) is 3.13. The van der Waals surface area contributed by atoms with Crippen LogP contribution in [0.5, 0.6) is 0 Å². The third-order valence-corrected chi connectivity index (χ3v) is 4.38. The molecule has 0 bridgehead atoms. The van der Waals surface area contributed by atoms with Gasteiger partial charge >= 0.3 is 0 Å². The van der Waals surface area contributed by atoms with Crippen LogP contribution in [0.25, 0.3) is 0 Å². The van der Waals surface area contributed by atoms with Gasteiger partial charge in [0.2, 0.25) is 5.91 Å². The molecule has 0 saturated carbocycles. The van der Waals surface area contributed by atoms with Crippen LogP contribution >= 0.6 is 0 Å². The molecular weight excluding hydrogens is 318 g/mol. The number of rotatable bonds is 5. The number of anilines is 1. The highest BCUT2D eigenvalue weighted by Crippen LogP contribution is 2.18. The number of nitrogens with two attached hydrogens (primary N) is 1. The maximum atomic E-state index is 12.6. The Morgan fingerprint density at radius 2 is 1.80 bits per heavy atom. The molecule has 3 atom stereocenters. The fraction of sp³-hybridized carbons (Fsp3) is 0.579. The Morgan fingerprint density at radius 1 is 1.24 bits per heavy atom. The first-order chi connectivity index (χ1) is 11.7. The summed E-state index contributed by atoms with van der Waals surface area (Å²) in [6.07, 6.45) is 1.52. The van der Waals surface area contributed by atoms with Gasteiger partial charge in [-0.2, -0.15) is 0 Å². The van der Waals surface area contributed by atoms with Gasteiger partial charge < -0.3 is 20.7 Å². The molecule has 0 aliphatic carbocycles. The fourth-order valence-corrected chi connectivity index (χ4v) is 3.13. The van der Waals surface area contributed by atoms with E-state index in [1.807, 2.05) is 25.7 Å². The van der Waals surface area contributed by atoms with Crippen molar-refractivity contribution in [1.82, 2.24) is 4.90 Å². The molecule has 1 heterocycles. The monoisotopic (exact) mass is 347 g/mol. The van der Waals surface area contributed by atoms with E-state index >= 15 is 0 Å². The Labute approximate surface area is 149 Å². The molecule has 0 aromatic heterocycles. The van der Waals surface area contributed by atoms with Gasteiger partial charge in [-0.3, -0.25) is 9.59 Å². The van der Waals surface area contributed by atoms with Crippen molar-refractivity contribution in [2.24, 2.45) is 5.73 Å². The highest BCUT2D eigenvalue weighted by Gasteiger charge is 2.28. The van der Waals surface area contributed by atoms with Crippen LogP contribution < -0.4 is 11.1 Å². The summed E-state index contributed by atoms with van der Waals surface area (Å²) >= 11 is 0. The minimum absolute atomic E-state index is 0.0190. The molecule has 1 saturated heterocycles. The second kappa shape index (κ2) is 7.97. The molecule has 138 valence electrons. The number of hydrogen-bond acceptors (Lipinski definition) is 4. The first-order valence-electron chi connectivity index (χ1n) is 8.88. The van der Waals surface area contributed by atoms with Crippen molar-refractivity contribution >= 4 is 17.5 Å². The summed E-state index contributed by atoms with van der Waals surface area (Å²) < 4.78 is 5.66. The van der Waals surface area contributed by atoms with Crippen molar-refractivity contribution in [3.05, 3.63) is 29.8 Å². The summed E-state index contributed by atoms with van der Waals surface area (Å²) in [6.45, 7) is 8.83. The van der Waals surface area contributed by atoms with E-state index in [0.29, 0.717) is 30.8 Å². The molecule has 3 N–H and O–H groups in total. The Morgan fingerprint density at radius 3 is 2.32 bits per heavy atom. The average Bonchev–Trinajstić information content (AvgIpc) is 2.54. The van der Waals surface area contributed by atoms with Crippen molar-refractivity contribution in [3.63, 3.8) is 0 Å². The van der Waals surface area contributed by atoms with Crippen LogP contribution in [-0.2, 0) is 9.53 Å². The van der Waals surface area contributed by atoms with Crippen LogP contribution in [-0.4, -0.2) is 47.6 Å². The standard InChI is InChI=1S/C19H29N3O3/c1-5-10-19(4,20)18(24)21-16-8-6-15(7-9-16)17(23)22-11-13(2)25-14(3)12-22/h6-9,13-14H,5,10-12,20H2,1-4H3,(H,21,24). The lowest BCUT2D eigenvalue weighted by Gasteiger charge is -2.35. The SMILES string of the molecule is CCCC(C)(N)C(=O)Nc1ccc(C(=O)N2CC(C)OC(C)C2)cc1. The zero-order chi connectivity index (χ0) is 18.6. The molecule has 3 unspecified atom stereocenters. The van der Waals surface area contributed by atoms with E-state index < -0.39 is 5.54 Å². The van der Waals surface area contributed by atoms with Crippen molar-refractivity contribution in [3.8, 4) is 0 Å². The number of hydrogen-bond donors (Lipinski definition) is 2. The van der Waals surface area contributed by atoms with E-state index in [-0.39, 0.29) is 24.0 Å². The zero-order valence-corrected chi connectivity index (χ0v) is 15.5. The zero-order valence-electron chi connectivity index (χ0n) is 15.5. The van der Waals surface area contributed by atoms with Gasteiger partial charge in [-0.1, -0.05) is 13.3 Å². The molecule has 1 aliphatic rings. The van der Waals surface area contributed by atoms with E-state index in [1.54, 1.807) is 31.2 Å². The predicted octanol–water partition coefficient (Wildman–Crippen LogP) is 2.39. The average molecular weight is 347 g/mol. The van der Waals surface area contributed by atoms with Crippen molar-refractivity contribution in [2.75, 3.05) is 18.4 Å². The topological polar surface area (TPSA) is 84.7 Å². The van der Waals surface area contributed by atoms with Crippen molar-refractivity contribution < 1.29 is 14.3 Å². The summed E-state index contributed by atoms with van der Waals surface area (Å²) in [4.78, 5) is 26.7. The summed E-state index contributed by atoms with van der Waals surface area (Å²) in [5, 5.41) is 2.82. The molecule has 1 aliphatic heterocycles. The van der Waals surface area contributed by atoms with Crippen molar-refractivity contribution in [1.29, 1.82) is 0 Å². The highest BCUT2D eigenvalue weighted by atomic mass is 16.5. The summed E-state index contributed by atoms with van der Waals surface area (Å²) in [6, 6.07) is 6.94. The van der Waals surface area contributed by atoms with Gasteiger partial charge in [0.1, 0.15) is 0 Å². The van der Waals surface area contributed by atoms with Crippen LogP contribution in [0.2, 0.25) is 0 Å². The van der Waals surface area contributed by atoms with Gasteiger partial charge in [0.15, 0.2) is 0 Å².